The van der Waals surface area contributed by atoms with Gasteiger partial charge in [0.2, 0.25) is 0 Å². The van der Waals surface area contributed by atoms with E-state index in [1.165, 1.54) is 13.0 Å². The third-order valence-corrected chi connectivity index (χ3v) is 3.17. The van der Waals surface area contributed by atoms with E-state index in [9.17, 15) is 8.42 Å². The zero-order valence-electron chi connectivity index (χ0n) is 9.08. The molecule has 0 heterocycles. The first-order chi connectivity index (χ1) is 7.23. The van der Waals surface area contributed by atoms with E-state index in [0.29, 0.717) is 11.3 Å². The van der Waals surface area contributed by atoms with Crippen molar-refractivity contribution in [1.29, 1.82) is 0 Å². The van der Waals surface area contributed by atoms with Crippen LogP contribution in [0.15, 0.2) is 18.2 Å². The molecular weight excluding hydrogens is 230 g/mol. The van der Waals surface area contributed by atoms with Crippen LogP contribution in [0.2, 0.25) is 0 Å². The Labute approximate surface area is 94.7 Å². The fourth-order valence-corrected chi connectivity index (χ4v) is 2.18. The number of hydrogen-bond acceptors (Lipinski definition) is 4. The van der Waals surface area contributed by atoms with Crippen molar-refractivity contribution in [2.45, 2.75) is 20.0 Å². The first-order valence-corrected chi connectivity index (χ1v) is 6.01. The Morgan fingerprint density at radius 3 is 2.38 bits per heavy atom. The number of aryl methyl sites for hydroxylation is 1. The average molecular weight is 245 g/mol. The second kappa shape index (κ2) is 4.28. The lowest BCUT2D eigenvalue weighted by atomic mass is 10.2. The number of rotatable bonds is 3. The van der Waals surface area contributed by atoms with Crippen LogP contribution in [-0.2, 0) is 10.3 Å². The van der Waals surface area contributed by atoms with Gasteiger partial charge in [-0.05, 0) is 37.6 Å². The van der Waals surface area contributed by atoms with E-state index in [-0.39, 0.29) is 5.69 Å². The summed E-state index contributed by atoms with van der Waals surface area (Å²) in [6, 6.07) is 4.59. The standard InChI is InChI=1S/C9H15N3O3S/c1-6-5-8(3-4-9(6)11)12(7(2)10)16(13,14)15/h3-5,7H,10-11H2,1-2H3,(H,13,14,15). The summed E-state index contributed by atoms with van der Waals surface area (Å²) in [5.41, 5.74) is 12.7. The maximum atomic E-state index is 11.1. The van der Waals surface area contributed by atoms with Crippen LogP contribution in [0.4, 0.5) is 11.4 Å². The predicted molar refractivity (Wildman–Crippen MR) is 63.3 cm³/mol. The van der Waals surface area contributed by atoms with Crippen LogP contribution >= 0.6 is 0 Å². The van der Waals surface area contributed by atoms with Crippen molar-refractivity contribution in [3.05, 3.63) is 23.8 Å². The fourth-order valence-electron chi connectivity index (χ4n) is 1.38. The monoisotopic (exact) mass is 245 g/mol. The van der Waals surface area contributed by atoms with Crippen LogP contribution in [0.25, 0.3) is 0 Å². The van der Waals surface area contributed by atoms with Crippen LogP contribution in [0.5, 0.6) is 0 Å². The highest BCUT2D eigenvalue weighted by atomic mass is 32.2. The smallest absolute Gasteiger partial charge is 0.361 e. The molecule has 90 valence electrons. The number of nitrogens with zero attached hydrogens (tertiary/aromatic N) is 1. The van der Waals surface area contributed by atoms with Gasteiger partial charge in [0.1, 0.15) is 0 Å². The third kappa shape index (κ3) is 2.63. The number of nitrogens with two attached hydrogens (primary N) is 2. The molecule has 1 rings (SSSR count). The maximum Gasteiger partial charge on any atom is 0.361 e. The van der Waals surface area contributed by atoms with Gasteiger partial charge in [-0.3, -0.25) is 4.55 Å². The summed E-state index contributed by atoms with van der Waals surface area (Å²) in [6.07, 6.45) is -0.863. The Morgan fingerprint density at radius 2 is 2.00 bits per heavy atom. The number of hydrogen-bond donors (Lipinski definition) is 3. The molecule has 0 saturated heterocycles. The molecule has 16 heavy (non-hydrogen) atoms. The molecule has 0 aliphatic rings. The number of benzene rings is 1. The number of nitrogen functional groups attached to an aromatic ring is 1. The van der Waals surface area contributed by atoms with Gasteiger partial charge in [-0.1, -0.05) is 0 Å². The van der Waals surface area contributed by atoms with Crippen LogP contribution < -0.4 is 15.8 Å². The molecule has 0 aliphatic heterocycles. The normalized spacial score (nSPS) is 13.5. The largest absolute Gasteiger partial charge is 0.399 e. The van der Waals surface area contributed by atoms with Gasteiger partial charge < -0.3 is 11.5 Å². The molecule has 0 radical (unpaired) electrons. The van der Waals surface area contributed by atoms with Crippen LogP contribution in [0, 0.1) is 6.92 Å². The highest BCUT2D eigenvalue weighted by molar-refractivity contribution is 7.87. The minimum atomic E-state index is -4.38. The van der Waals surface area contributed by atoms with E-state index < -0.39 is 16.5 Å². The molecule has 1 unspecified atom stereocenters. The summed E-state index contributed by atoms with van der Waals surface area (Å²) >= 11 is 0. The van der Waals surface area contributed by atoms with Gasteiger partial charge in [0, 0.05) is 5.69 Å². The summed E-state index contributed by atoms with van der Waals surface area (Å²) in [7, 11) is -4.38. The van der Waals surface area contributed by atoms with Crippen molar-refractivity contribution < 1.29 is 13.0 Å². The molecule has 5 N–H and O–H groups in total. The molecule has 0 saturated carbocycles. The molecule has 0 fully saturated rings. The fraction of sp³-hybridized carbons (Fsp3) is 0.333. The molecule has 0 spiro atoms. The molecule has 0 bridgehead atoms. The SMILES string of the molecule is Cc1cc(N(C(C)N)S(=O)(=O)O)ccc1N. The first kappa shape index (κ1) is 12.8. The van der Waals surface area contributed by atoms with Crippen LogP contribution in [0.3, 0.4) is 0 Å². The average Bonchev–Trinajstić information content (AvgIpc) is 2.08. The molecule has 0 aromatic heterocycles. The quantitative estimate of drug-likeness (QED) is 0.408. The molecule has 0 amide bonds. The van der Waals surface area contributed by atoms with Crippen molar-refractivity contribution >= 4 is 21.7 Å². The number of anilines is 2. The summed E-state index contributed by atoms with van der Waals surface area (Å²) in [5.74, 6) is 0. The summed E-state index contributed by atoms with van der Waals surface area (Å²) in [5, 5.41) is 0. The van der Waals surface area contributed by atoms with Crippen LogP contribution in [0.1, 0.15) is 12.5 Å². The van der Waals surface area contributed by atoms with E-state index in [0.717, 1.165) is 4.31 Å². The Hall–Kier alpha value is -1.31. The Morgan fingerprint density at radius 1 is 1.44 bits per heavy atom. The Bertz CT molecular complexity index is 485. The van der Waals surface area contributed by atoms with Gasteiger partial charge in [-0.25, -0.2) is 4.31 Å². The van der Waals surface area contributed by atoms with E-state index in [1.54, 1.807) is 19.1 Å². The van der Waals surface area contributed by atoms with Crippen molar-refractivity contribution in [2.75, 3.05) is 10.0 Å². The first-order valence-electron chi connectivity index (χ1n) is 4.62. The van der Waals surface area contributed by atoms with Crippen molar-refractivity contribution in [2.24, 2.45) is 5.73 Å². The van der Waals surface area contributed by atoms with Crippen LogP contribution in [-0.4, -0.2) is 19.1 Å². The molecule has 1 aromatic rings. The highest BCUT2D eigenvalue weighted by Crippen LogP contribution is 2.23. The van der Waals surface area contributed by atoms with Crippen molar-refractivity contribution in [3.63, 3.8) is 0 Å². The Balaban J connectivity index is 3.28. The predicted octanol–water partition coefficient (Wildman–Crippen LogP) is 0.491. The molecule has 0 aliphatic carbocycles. The molecule has 7 heteroatoms. The van der Waals surface area contributed by atoms with Gasteiger partial charge in [0.15, 0.2) is 0 Å². The minimum absolute atomic E-state index is 0.282. The highest BCUT2D eigenvalue weighted by Gasteiger charge is 2.23. The van der Waals surface area contributed by atoms with Crippen molar-refractivity contribution in [3.8, 4) is 0 Å². The second-order valence-corrected chi connectivity index (χ2v) is 4.84. The molecule has 1 atom stereocenters. The summed E-state index contributed by atoms with van der Waals surface area (Å²) < 4.78 is 32.0. The Kier molecular flexibility index (Phi) is 3.41. The van der Waals surface area contributed by atoms with E-state index in [4.69, 9.17) is 16.0 Å². The zero-order chi connectivity index (χ0) is 12.5. The molecule has 1 aromatic carbocycles. The van der Waals surface area contributed by atoms with Gasteiger partial charge in [-0.2, -0.15) is 8.42 Å². The lowest BCUT2D eigenvalue weighted by Gasteiger charge is -2.25. The second-order valence-electron chi connectivity index (χ2n) is 3.56. The van der Waals surface area contributed by atoms with Gasteiger partial charge in [0.25, 0.3) is 0 Å². The summed E-state index contributed by atoms with van der Waals surface area (Å²) in [4.78, 5) is 0. The zero-order valence-corrected chi connectivity index (χ0v) is 9.90. The van der Waals surface area contributed by atoms with Gasteiger partial charge in [0.05, 0.1) is 11.9 Å². The summed E-state index contributed by atoms with van der Waals surface area (Å²) in [6.45, 7) is 3.20. The molecular formula is C9H15N3O3S. The van der Waals surface area contributed by atoms with Crippen molar-refractivity contribution in [1.82, 2.24) is 0 Å². The minimum Gasteiger partial charge on any atom is -0.399 e. The maximum absolute atomic E-state index is 11.1. The third-order valence-electron chi connectivity index (χ3n) is 2.13. The lowest BCUT2D eigenvalue weighted by Crippen LogP contribution is -2.43. The van der Waals surface area contributed by atoms with E-state index >= 15 is 0 Å². The van der Waals surface area contributed by atoms with E-state index in [1.807, 2.05) is 0 Å². The lowest BCUT2D eigenvalue weighted by molar-refractivity contribution is 0.471. The molecule has 6 nitrogen and oxygen atoms in total. The topological polar surface area (TPSA) is 110 Å². The van der Waals surface area contributed by atoms with Gasteiger partial charge >= 0.3 is 10.3 Å². The van der Waals surface area contributed by atoms with Gasteiger partial charge in [-0.15, -0.1) is 0 Å². The van der Waals surface area contributed by atoms with E-state index in [2.05, 4.69) is 0 Å².